The zero-order valence-electron chi connectivity index (χ0n) is 11.2. The Morgan fingerprint density at radius 2 is 2.05 bits per heavy atom. The summed E-state index contributed by atoms with van der Waals surface area (Å²) in [6.07, 6.45) is -2.75. The minimum Gasteiger partial charge on any atom is -0.494 e. The molecule has 20 heavy (non-hydrogen) atoms. The van der Waals surface area contributed by atoms with Crippen LogP contribution in [0.25, 0.3) is 0 Å². The van der Waals surface area contributed by atoms with Crippen molar-refractivity contribution in [3.8, 4) is 5.75 Å². The van der Waals surface area contributed by atoms with Crippen molar-refractivity contribution in [1.29, 1.82) is 0 Å². The summed E-state index contributed by atoms with van der Waals surface area (Å²) >= 11 is 0. The molecule has 0 aliphatic heterocycles. The van der Waals surface area contributed by atoms with Crippen molar-refractivity contribution >= 4 is 10.0 Å². The molecular formula is C12H17F2NO4S. The number of aliphatic hydroxyl groups excluding tert-OH is 1. The van der Waals surface area contributed by atoms with E-state index in [-0.39, 0.29) is 4.90 Å². The Morgan fingerprint density at radius 3 is 2.55 bits per heavy atom. The molecule has 5 nitrogen and oxygen atoms in total. The van der Waals surface area contributed by atoms with Gasteiger partial charge in [0.15, 0.2) is 0 Å². The van der Waals surface area contributed by atoms with Crippen LogP contribution in [0.5, 0.6) is 5.75 Å². The van der Waals surface area contributed by atoms with Crippen molar-refractivity contribution in [2.75, 3.05) is 20.2 Å². The van der Waals surface area contributed by atoms with Crippen LogP contribution in [-0.4, -0.2) is 44.5 Å². The number of sulfonamides is 1. The van der Waals surface area contributed by atoms with Gasteiger partial charge in [-0.15, -0.1) is 0 Å². The van der Waals surface area contributed by atoms with Gasteiger partial charge in [-0.25, -0.2) is 17.2 Å². The fourth-order valence-electron chi connectivity index (χ4n) is 1.61. The average Bonchev–Trinajstić information content (AvgIpc) is 2.38. The molecule has 0 unspecified atom stereocenters. The zero-order chi connectivity index (χ0) is 15.3. The Labute approximate surface area is 116 Å². The van der Waals surface area contributed by atoms with E-state index in [1.54, 1.807) is 6.92 Å². The lowest BCUT2D eigenvalue weighted by Crippen LogP contribution is -2.31. The Bertz CT molecular complexity index is 548. The van der Waals surface area contributed by atoms with Gasteiger partial charge in [0, 0.05) is 12.6 Å². The summed E-state index contributed by atoms with van der Waals surface area (Å²) in [5.41, 5.74) is 0.290. The summed E-state index contributed by atoms with van der Waals surface area (Å²) in [5.74, 6) is 0.366. The Balaban J connectivity index is 3.13. The molecule has 1 aromatic carbocycles. The minimum atomic E-state index is -4.01. The molecule has 0 radical (unpaired) electrons. The topological polar surface area (TPSA) is 66.8 Å². The van der Waals surface area contributed by atoms with Crippen LogP contribution in [0.1, 0.15) is 12.5 Å². The van der Waals surface area contributed by atoms with Gasteiger partial charge in [-0.1, -0.05) is 0 Å². The van der Waals surface area contributed by atoms with E-state index in [2.05, 4.69) is 0 Å². The molecule has 0 saturated carbocycles. The predicted molar refractivity (Wildman–Crippen MR) is 69.4 cm³/mol. The third-order valence-corrected chi connectivity index (χ3v) is 4.42. The summed E-state index contributed by atoms with van der Waals surface area (Å²) in [5, 5.41) is 9.21. The SMILES string of the molecule is CCOc1ccc(S(=O)(=O)N(C)CC(F)F)cc1CO. The summed E-state index contributed by atoms with van der Waals surface area (Å²) in [4.78, 5) is -0.159. The van der Waals surface area contributed by atoms with E-state index in [1.807, 2.05) is 0 Å². The summed E-state index contributed by atoms with van der Waals surface area (Å²) in [6.45, 7) is 0.827. The molecule has 0 spiro atoms. The van der Waals surface area contributed by atoms with Crippen LogP contribution in [0.2, 0.25) is 0 Å². The first kappa shape index (κ1) is 16.8. The van der Waals surface area contributed by atoms with Gasteiger partial charge in [0.05, 0.1) is 24.7 Å². The molecule has 0 heterocycles. The number of rotatable bonds is 7. The van der Waals surface area contributed by atoms with Gasteiger partial charge in [-0.05, 0) is 25.1 Å². The fraction of sp³-hybridized carbons (Fsp3) is 0.500. The van der Waals surface area contributed by atoms with E-state index in [0.29, 0.717) is 22.2 Å². The predicted octanol–water partition coefficient (Wildman–Crippen LogP) is 1.46. The Morgan fingerprint density at radius 1 is 1.40 bits per heavy atom. The van der Waals surface area contributed by atoms with Gasteiger partial charge in [-0.2, -0.15) is 4.31 Å². The van der Waals surface area contributed by atoms with Crippen molar-refractivity contribution < 1.29 is 27.0 Å². The number of hydrogen-bond donors (Lipinski definition) is 1. The maximum atomic E-state index is 12.3. The van der Waals surface area contributed by atoms with Gasteiger partial charge in [0.25, 0.3) is 6.43 Å². The molecule has 0 aliphatic rings. The lowest BCUT2D eigenvalue weighted by Gasteiger charge is -2.18. The number of hydrogen-bond acceptors (Lipinski definition) is 4. The molecule has 0 aromatic heterocycles. The second kappa shape index (κ2) is 6.96. The number of halogens is 2. The third kappa shape index (κ3) is 3.87. The molecule has 1 rings (SSSR count). The molecule has 0 amide bonds. The van der Waals surface area contributed by atoms with Crippen LogP contribution in [0.15, 0.2) is 23.1 Å². The first-order valence-electron chi connectivity index (χ1n) is 5.94. The maximum absolute atomic E-state index is 12.3. The molecule has 0 bridgehead atoms. The van der Waals surface area contributed by atoms with Crippen molar-refractivity contribution in [2.24, 2.45) is 0 Å². The van der Waals surface area contributed by atoms with E-state index in [9.17, 15) is 22.3 Å². The van der Waals surface area contributed by atoms with Crippen LogP contribution < -0.4 is 4.74 Å². The Hall–Kier alpha value is -1.25. The highest BCUT2D eigenvalue weighted by molar-refractivity contribution is 7.89. The first-order chi connectivity index (χ1) is 9.32. The normalized spacial score (nSPS) is 12.2. The first-order valence-corrected chi connectivity index (χ1v) is 7.38. The van der Waals surface area contributed by atoms with Crippen LogP contribution in [0.3, 0.4) is 0 Å². The second-order valence-electron chi connectivity index (χ2n) is 4.04. The van der Waals surface area contributed by atoms with Crippen molar-refractivity contribution in [3.63, 3.8) is 0 Å². The molecule has 0 aliphatic carbocycles. The van der Waals surface area contributed by atoms with E-state index >= 15 is 0 Å². The van der Waals surface area contributed by atoms with E-state index in [1.165, 1.54) is 18.2 Å². The van der Waals surface area contributed by atoms with Gasteiger partial charge in [0.1, 0.15) is 5.75 Å². The largest absolute Gasteiger partial charge is 0.494 e. The van der Waals surface area contributed by atoms with Crippen molar-refractivity contribution in [1.82, 2.24) is 4.31 Å². The maximum Gasteiger partial charge on any atom is 0.252 e. The molecule has 0 saturated heterocycles. The number of alkyl halides is 2. The molecule has 114 valence electrons. The number of benzene rings is 1. The van der Waals surface area contributed by atoms with E-state index in [0.717, 1.165) is 7.05 Å². The quantitative estimate of drug-likeness (QED) is 0.828. The van der Waals surface area contributed by atoms with Gasteiger partial charge in [-0.3, -0.25) is 0 Å². The molecule has 8 heteroatoms. The zero-order valence-corrected chi connectivity index (χ0v) is 12.0. The smallest absolute Gasteiger partial charge is 0.252 e. The van der Waals surface area contributed by atoms with Crippen molar-refractivity contribution in [3.05, 3.63) is 23.8 Å². The lowest BCUT2D eigenvalue weighted by molar-refractivity contribution is 0.126. The monoisotopic (exact) mass is 309 g/mol. The summed E-state index contributed by atoms with van der Waals surface area (Å²) in [7, 11) is -2.93. The molecular weight excluding hydrogens is 292 g/mol. The molecule has 0 fully saturated rings. The third-order valence-electron chi connectivity index (χ3n) is 2.61. The number of aliphatic hydroxyl groups is 1. The standard InChI is InChI=1S/C12H17F2NO4S/c1-3-19-11-5-4-10(6-9(11)8-16)20(17,18)15(2)7-12(13)14/h4-6,12,16H,3,7-8H2,1-2H3. The number of ether oxygens (including phenoxy) is 1. The fourth-order valence-corrected chi connectivity index (χ4v) is 2.81. The highest BCUT2D eigenvalue weighted by Crippen LogP contribution is 2.24. The van der Waals surface area contributed by atoms with E-state index in [4.69, 9.17) is 4.74 Å². The molecule has 0 atom stereocenters. The van der Waals surface area contributed by atoms with Crippen molar-refractivity contribution in [2.45, 2.75) is 24.9 Å². The van der Waals surface area contributed by atoms with Crippen LogP contribution >= 0.6 is 0 Å². The highest BCUT2D eigenvalue weighted by Gasteiger charge is 2.24. The van der Waals surface area contributed by atoms with Crippen LogP contribution in [-0.2, 0) is 16.6 Å². The molecule has 1 aromatic rings. The highest BCUT2D eigenvalue weighted by atomic mass is 32.2. The summed E-state index contributed by atoms with van der Waals surface area (Å²) in [6, 6.07) is 3.89. The minimum absolute atomic E-state index is 0.159. The van der Waals surface area contributed by atoms with E-state index < -0.39 is 29.6 Å². The van der Waals surface area contributed by atoms with Gasteiger partial charge >= 0.3 is 0 Å². The van der Waals surface area contributed by atoms with Crippen LogP contribution in [0.4, 0.5) is 8.78 Å². The summed E-state index contributed by atoms with van der Waals surface area (Å²) < 4.78 is 54.5. The van der Waals surface area contributed by atoms with Crippen LogP contribution in [0, 0.1) is 0 Å². The Kier molecular flexibility index (Phi) is 5.85. The molecule has 1 N–H and O–H groups in total. The van der Waals surface area contributed by atoms with Gasteiger partial charge in [0.2, 0.25) is 10.0 Å². The second-order valence-corrected chi connectivity index (χ2v) is 6.08. The lowest BCUT2D eigenvalue weighted by atomic mass is 10.2. The van der Waals surface area contributed by atoms with Gasteiger partial charge < -0.3 is 9.84 Å². The average molecular weight is 309 g/mol. The number of nitrogens with zero attached hydrogens (tertiary/aromatic N) is 1.